The van der Waals surface area contributed by atoms with Crippen molar-refractivity contribution in [2.75, 3.05) is 12.3 Å². The molecule has 3 aromatic rings. The summed E-state index contributed by atoms with van der Waals surface area (Å²) >= 11 is 0. The Morgan fingerprint density at radius 1 is 1.13 bits per heavy atom. The van der Waals surface area contributed by atoms with Crippen LogP contribution in [-0.4, -0.2) is 52.5 Å². The summed E-state index contributed by atoms with van der Waals surface area (Å²) in [7, 11) is -3.92. The molecule has 30 heavy (non-hydrogen) atoms. The number of hydrogen-bond donors (Lipinski definition) is 1. The van der Waals surface area contributed by atoms with Gasteiger partial charge in [0, 0.05) is 0 Å². The van der Waals surface area contributed by atoms with E-state index < -0.39 is 28.1 Å². The molecule has 1 fully saturated rings. The lowest BCUT2D eigenvalue weighted by atomic mass is 10.2. The first-order valence-corrected chi connectivity index (χ1v) is 10.8. The van der Waals surface area contributed by atoms with Crippen molar-refractivity contribution in [2.24, 2.45) is 0 Å². The molecular formula is C19H23N5O5S. The average Bonchev–Trinajstić information content (AvgIpc) is 3.22. The highest BCUT2D eigenvalue weighted by Crippen LogP contribution is 2.30. The highest BCUT2D eigenvalue weighted by Gasteiger charge is 2.42. The van der Waals surface area contributed by atoms with Gasteiger partial charge in [-0.1, -0.05) is 17.7 Å². The van der Waals surface area contributed by atoms with E-state index in [0.717, 1.165) is 5.56 Å². The molecule has 0 aliphatic carbocycles. The Bertz CT molecular complexity index is 1160. The van der Waals surface area contributed by atoms with E-state index in [-0.39, 0.29) is 17.3 Å². The van der Waals surface area contributed by atoms with Gasteiger partial charge in [-0.2, -0.15) is 8.42 Å². The van der Waals surface area contributed by atoms with Crippen LogP contribution in [0.2, 0.25) is 0 Å². The molecule has 0 bridgehead atoms. The van der Waals surface area contributed by atoms with E-state index in [9.17, 15) is 8.42 Å². The summed E-state index contributed by atoms with van der Waals surface area (Å²) < 4.78 is 44.0. The van der Waals surface area contributed by atoms with Crippen LogP contribution in [0.4, 0.5) is 5.82 Å². The van der Waals surface area contributed by atoms with Gasteiger partial charge in [0.1, 0.15) is 24.1 Å². The molecule has 0 spiro atoms. The summed E-state index contributed by atoms with van der Waals surface area (Å²) in [5.41, 5.74) is 7.85. The number of nitrogens with zero attached hydrogens (tertiary/aromatic N) is 4. The second kappa shape index (κ2) is 7.58. The number of nitrogen functional groups attached to an aromatic ring is 1. The lowest BCUT2D eigenvalue weighted by molar-refractivity contribution is -0.149. The van der Waals surface area contributed by atoms with E-state index in [1.54, 1.807) is 36.9 Å². The minimum atomic E-state index is -3.92. The van der Waals surface area contributed by atoms with Crippen molar-refractivity contribution >= 4 is 27.1 Å². The number of aromatic nitrogens is 4. The number of aryl methyl sites for hydroxylation is 1. The quantitative estimate of drug-likeness (QED) is 0.576. The molecule has 0 saturated carbocycles. The van der Waals surface area contributed by atoms with E-state index in [2.05, 4.69) is 15.0 Å². The van der Waals surface area contributed by atoms with E-state index in [4.69, 9.17) is 19.4 Å². The third kappa shape index (κ3) is 4.15. The zero-order valence-corrected chi connectivity index (χ0v) is 17.7. The van der Waals surface area contributed by atoms with Crippen LogP contribution < -0.4 is 5.73 Å². The Hall–Kier alpha value is -2.60. The summed E-state index contributed by atoms with van der Waals surface area (Å²) in [6.45, 7) is 5.55. The molecule has 4 rings (SSSR count). The van der Waals surface area contributed by atoms with Gasteiger partial charge >= 0.3 is 0 Å². The zero-order valence-electron chi connectivity index (χ0n) is 16.8. The van der Waals surface area contributed by atoms with Crippen LogP contribution in [0.15, 0.2) is 41.8 Å². The Balaban J connectivity index is 1.51. The van der Waals surface area contributed by atoms with Gasteiger partial charge in [-0.25, -0.2) is 15.0 Å². The maximum Gasteiger partial charge on any atom is 0.297 e. The van der Waals surface area contributed by atoms with Crippen LogP contribution in [0.1, 0.15) is 19.4 Å². The van der Waals surface area contributed by atoms with Crippen molar-refractivity contribution in [3.8, 4) is 0 Å². The molecular weight excluding hydrogens is 410 g/mol. The maximum absolute atomic E-state index is 12.5. The number of rotatable bonds is 6. The highest BCUT2D eigenvalue weighted by molar-refractivity contribution is 7.86. The number of fused-ring (bicyclic) bond motifs is 1. The molecule has 0 unspecified atom stereocenters. The third-order valence-corrected chi connectivity index (χ3v) is 6.08. The highest BCUT2D eigenvalue weighted by atomic mass is 32.2. The number of hydrogen-bond acceptors (Lipinski definition) is 9. The first-order valence-electron chi connectivity index (χ1n) is 9.38. The molecule has 2 atom stereocenters. The summed E-state index contributed by atoms with van der Waals surface area (Å²) in [4.78, 5) is 12.5. The van der Waals surface area contributed by atoms with Crippen LogP contribution >= 0.6 is 0 Å². The van der Waals surface area contributed by atoms with Gasteiger partial charge in [0.05, 0.1) is 24.4 Å². The number of anilines is 1. The fraction of sp³-hybridized carbons (Fsp3) is 0.421. The number of nitrogens with two attached hydrogens (primary N) is 1. The normalized spacial score (nSPS) is 21.3. The van der Waals surface area contributed by atoms with Gasteiger partial charge in [-0.05, 0) is 32.9 Å². The summed E-state index contributed by atoms with van der Waals surface area (Å²) in [5.74, 6) is -0.608. The van der Waals surface area contributed by atoms with E-state index in [1.807, 2.05) is 6.92 Å². The molecule has 10 nitrogen and oxygen atoms in total. The molecule has 2 aromatic heterocycles. The maximum atomic E-state index is 12.5. The van der Waals surface area contributed by atoms with Crippen molar-refractivity contribution < 1.29 is 22.1 Å². The molecule has 1 aromatic carbocycles. The number of benzene rings is 1. The predicted molar refractivity (Wildman–Crippen MR) is 108 cm³/mol. The fourth-order valence-corrected chi connectivity index (χ4v) is 4.28. The smallest absolute Gasteiger partial charge is 0.297 e. The van der Waals surface area contributed by atoms with Crippen LogP contribution in [0.25, 0.3) is 11.2 Å². The standard InChI is InChI=1S/C19H23N5O5S/c1-12-4-6-13(7-5-12)30(25,26)27-9-15-14(28-19(2,3)29-15)8-24-11-23-16-17(20)21-10-22-18(16)24/h4-7,10-11,14-15H,8-9H2,1-3H3,(H2,20,21,22)/t14-,15+/m1/s1. The van der Waals surface area contributed by atoms with Gasteiger partial charge < -0.3 is 19.8 Å². The molecule has 1 aliphatic rings. The van der Waals surface area contributed by atoms with Crippen molar-refractivity contribution in [1.29, 1.82) is 0 Å². The first kappa shape index (κ1) is 20.7. The Morgan fingerprint density at radius 3 is 2.57 bits per heavy atom. The Morgan fingerprint density at radius 2 is 1.83 bits per heavy atom. The predicted octanol–water partition coefficient (Wildman–Crippen LogP) is 1.64. The fourth-order valence-electron chi connectivity index (χ4n) is 3.36. The SMILES string of the molecule is Cc1ccc(S(=O)(=O)OC[C@@H]2OC(C)(C)O[C@@H]2Cn2cnc3c(N)ncnc32)cc1. The molecule has 3 heterocycles. The second-order valence-electron chi connectivity index (χ2n) is 7.59. The van der Waals surface area contributed by atoms with Crippen molar-refractivity contribution in [2.45, 2.75) is 50.2 Å². The summed E-state index contributed by atoms with van der Waals surface area (Å²) in [6, 6.07) is 6.46. The molecule has 0 radical (unpaired) electrons. The van der Waals surface area contributed by atoms with Gasteiger partial charge in [0.2, 0.25) is 0 Å². The minimum absolute atomic E-state index is 0.0932. The molecule has 1 aliphatic heterocycles. The van der Waals surface area contributed by atoms with Crippen LogP contribution in [0.5, 0.6) is 0 Å². The minimum Gasteiger partial charge on any atom is -0.382 e. The van der Waals surface area contributed by atoms with Gasteiger partial charge in [0.25, 0.3) is 10.1 Å². The summed E-state index contributed by atoms with van der Waals surface area (Å²) in [6.07, 6.45) is 1.85. The Labute approximate surface area is 174 Å². The monoisotopic (exact) mass is 433 g/mol. The first-order chi connectivity index (χ1) is 14.1. The van der Waals surface area contributed by atoms with Gasteiger partial charge in [-0.15, -0.1) is 0 Å². The Kier molecular flexibility index (Phi) is 5.22. The summed E-state index contributed by atoms with van der Waals surface area (Å²) in [5, 5.41) is 0. The molecule has 0 amide bonds. The molecule has 160 valence electrons. The van der Waals surface area contributed by atoms with Crippen LogP contribution in [0.3, 0.4) is 0 Å². The van der Waals surface area contributed by atoms with Crippen molar-refractivity contribution in [1.82, 2.24) is 19.5 Å². The molecule has 2 N–H and O–H groups in total. The molecule has 1 saturated heterocycles. The van der Waals surface area contributed by atoms with Gasteiger partial charge in [-0.3, -0.25) is 4.18 Å². The molecule has 11 heteroatoms. The zero-order chi connectivity index (χ0) is 21.5. The topological polar surface area (TPSA) is 131 Å². The van der Waals surface area contributed by atoms with E-state index >= 15 is 0 Å². The lowest BCUT2D eigenvalue weighted by Gasteiger charge is -2.17. The second-order valence-corrected chi connectivity index (χ2v) is 9.21. The average molecular weight is 433 g/mol. The van der Waals surface area contributed by atoms with Gasteiger partial charge in [0.15, 0.2) is 17.3 Å². The van der Waals surface area contributed by atoms with Crippen molar-refractivity contribution in [3.05, 3.63) is 42.5 Å². The van der Waals surface area contributed by atoms with Crippen molar-refractivity contribution in [3.63, 3.8) is 0 Å². The number of ether oxygens (including phenoxy) is 2. The van der Waals surface area contributed by atoms with E-state index in [0.29, 0.717) is 17.7 Å². The van der Waals surface area contributed by atoms with Crippen LogP contribution in [0, 0.1) is 6.92 Å². The lowest BCUT2D eigenvalue weighted by Crippen LogP contribution is -2.32. The third-order valence-electron chi connectivity index (χ3n) is 4.79. The van der Waals surface area contributed by atoms with E-state index in [1.165, 1.54) is 18.5 Å². The van der Waals surface area contributed by atoms with Crippen LogP contribution in [-0.2, 0) is 30.3 Å². The largest absolute Gasteiger partial charge is 0.382 e. The number of imidazole rings is 1.